The maximum absolute atomic E-state index is 10.9. The molecule has 3 heteroatoms. The molecule has 0 spiro atoms. The van der Waals surface area contributed by atoms with Gasteiger partial charge < -0.3 is 9.84 Å². The number of carboxylic acids is 1. The zero-order chi connectivity index (χ0) is 13.0. The first-order valence-corrected chi connectivity index (χ1v) is 5.82. The molecular weight excluding hydrogens is 216 g/mol. The maximum atomic E-state index is 10.9. The van der Waals surface area contributed by atoms with E-state index in [1.54, 1.807) is 7.11 Å². The van der Waals surface area contributed by atoms with Gasteiger partial charge in [0.1, 0.15) is 5.75 Å². The van der Waals surface area contributed by atoms with Crippen molar-refractivity contribution in [1.29, 1.82) is 0 Å². The van der Waals surface area contributed by atoms with Crippen LogP contribution in [0.2, 0.25) is 0 Å². The summed E-state index contributed by atoms with van der Waals surface area (Å²) in [6.07, 6.45) is 0.136. The molecule has 17 heavy (non-hydrogen) atoms. The van der Waals surface area contributed by atoms with Gasteiger partial charge in [0.05, 0.1) is 13.5 Å². The molecule has 1 N–H and O–H groups in total. The van der Waals surface area contributed by atoms with Crippen LogP contribution in [-0.4, -0.2) is 18.2 Å². The largest absolute Gasteiger partial charge is 0.496 e. The molecule has 0 heterocycles. The Kier molecular flexibility index (Phi) is 4.55. The zero-order valence-corrected chi connectivity index (χ0v) is 10.9. The summed E-state index contributed by atoms with van der Waals surface area (Å²) in [5.74, 6) is 0.256. The van der Waals surface area contributed by atoms with E-state index < -0.39 is 5.97 Å². The molecule has 0 aromatic heterocycles. The minimum absolute atomic E-state index is 0.0117. The molecular formula is C14H20O3. The minimum Gasteiger partial charge on any atom is -0.496 e. The number of carboxylic acid groups (broad SMARTS) is 1. The standard InChI is InChI=1S/C14H20O3/c1-9(2)11(8-14(15)16)12-7-10(3)5-6-13(12)17-4/h5-7,9,11H,8H2,1-4H3,(H,15,16). The molecule has 0 radical (unpaired) electrons. The number of benzene rings is 1. The Morgan fingerprint density at radius 2 is 2.06 bits per heavy atom. The van der Waals surface area contributed by atoms with Crippen molar-refractivity contribution in [2.24, 2.45) is 5.92 Å². The highest BCUT2D eigenvalue weighted by molar-refractivity contribution is 5.68. The number of ether oxygens (including phenoxy) is 1. The van der Waals surface area contributed by atoms with Crippen molar-refractivity contribution in [3.8, 4) is 5.75 Å². The number of hydrogen-bond acceptors (Lipinski definition) is 2. The van der Waals surface area contributed by atoms with E-state index in [1.807, 2.05) is 39.0 Å². The molecule has 1 atom stereocenters. The lowest BCUT2D eigenvalue weighted by Crippen LogP contribution is -2.13. The Bertz CT molecular complexity index is 396. The number of hydrogen-bond donors (Lipinski definition) is 1. The molecule has 0 amide bonds. The van der Waals surface area contributed by atoms with Gasteiger partial charge in [-0.15, -0.1) is 0 Å². The SMILES string of the molecule is COc1ccc(C)cc1C(CC(=O)O)C(C)C. The van der Waals surface area contributed by atoms with Crippen LogP contribution in [0.4, 0.5) is 0 Å². The molecule has 0 aliphatic carbocycles. The highest BCUT2D eigenvalue weighted by atomic mass is 16.5. The topological polar surface area (TPSA) is 46.5 Å². The van der Waals surface area contributed by atoms with Crippen molar-refractivity contribution >= 4 is 5.97 Å². The van der Waals surface area contributed by atoms with Crippen molar-refractivity contribution in [2.45, 2.75) is 33.1 Å². The monoisotopic (exact) mass is 236 g/mol. The van der Waals surface area contributed by atoms with E-state index in [4.69, 9.17) is 9.84 Å². The van der Waals surface area contributed by atoms with Crippen LogP contribution in [0.5, 0.6) is 5.75 Å². The van der Waals surface area contributed by atoms with Crippen molar-refractivity contribution in [3.05, 3.63) is 29.3 Å². The van der Waals surface area contributed by atoms with Crippen LogP contribution in [0, 0.1) is 12.8 Å². The summed E-state index contributed by atoms with van der Waals surface area (Å²) in [4.78, 5) is 10.9. The Labute approximate surface area is 102 Å². The fraction of sp³-hybridized carbons (Fsp3) is 0.500. The average molecular weight is 236 g/mol. The molecule has 0 saturated heterocycles. The Morgan fingerprint density at radius 1 is 1.41 bits per heavy atom. The Morgan fingerprint density at radius 3 is 2.53 bits per heavy atom. The second-order valence-electron chi connectivity index (χ2n) is 4.69. The lowest BCUT2D eigenvalue weighted by molar-refractivity contribution is -0.137. The fourth-order valence-corrected chi connectivity index (χ4v) is 2.04. The van der Waals surface area contributed by atoms with Gasteiger partial charge in [0.25, 0.3) is 0 Å². The lowest BCUT2D eigenvalue weighted by Gasteiger charge is -2.22. The number of aliphatic carboxylic acids is 1. The number of methoxy groups -OCH3 is 1. The summed E-state index contributed by atoms with van der Waals surface area (Å²) in [6, 6.07) is 5.90. The van der Waals surface area contributed by atoms with Gasteiger partial charge in [-0.25, -0.2) is 0 Å². The number of rotatable bonds is 5. The van der Waals surface area contributed by atoms with Gasteiger partial charge in [-0.05, 0) is 24.5 Å². The van der Waals surface area contributed by atoms with Crippen LogP contribution in [0.15, 0.2) is 18.2 Å². The maximum Gasteiger partial charge on any atom is 0.303 e. The predicted molar refractivity (Wildman–Crippen MR) is 67.6 cm³/mol. The molecule has 1 rings (SSSR count). The van der Waals surface area contributed by atoms with E-state index >= 15 is 0 Å². The summed E-state index contributed by atoms with van der Waals surface area (Å²) >= 11 is 0. The quantitative estimate of drug-likeness (QED) is 0.853. The van der Waals surface area contributed by atoms with Gasteiger partial charge in [0.15, 0.2) is 0 Å². The second kappa shape index (κ2) is 5.71. The van der Waals surface area contributed by atoms with Crippen molar-refractivity contribution < 1.29 is 14.6 Å². The van der Waals surface area contributed by atoms with Gasteiger partial charge in [-0.1, -0.05) is 31.5 Å². The van der Waals surface area contributed by atoms with E-state index in [-0.39, 0.29) is 18.3 Å². The summed E-state index contributed by atoms with van der Waals surface area (Å²) in [5.41, 5.74) is 2.11. The van der Waals surface area contributed by atoms with E-state index in [0.29, 0.717) is 0 Å². The van der Waals surface area contributed by atoms with Gasteiger partial charge in [0.2, 0.25) is 0 Å². The summed E-state index contributed by atoms with van der Waals surface area (Å²) in [5, 5.41) is 8.99. The van der Waals surface area contributed by atoms with Crippen LogP contribution in [0.1, 0.15) is 37.3 Å². The van der Waals surface area contributed by atoms with E-state index in [2.05, 4.69) is 0 Å². The van der Waals surface area contributed by atoms with Gasteiger partial charge in [-0.2, -0.15) is 0 Å². The van der Waals surface area contributed by atoms with E-state index in [9.17, 15) is 4.79 Å². The highest BCUT2D eigenvalue weighted by Gasteiger charge is 2.22. The lowest BCUT2D eigenvalue weighted by atomic mass is 9.84. The third-order valence-electron chi connectivity index (χ3n) is 2.98. The van der Waals surface area contributed by atoms with Crippen LogP contribution in [-0.2, 0) is 4.79 Å². The van der Waals surface area contributed by atoms with Crippen molar-refractivity contribution in [3.63, 3.8) is 0 Å². The number of carbonyl (C=O) groups is 1. The molecule has 0 bridgehead atoms. The predicted octanol–water partition coefficient (Wildman–Crippen LogP) is 3.22. The normalized spacial score (nSPS) is 12.5. The first-order chi connectivity index (χ1) is 7.95. The van der Waals surface area contributed by atoms with E-state index in [1.165, 1.54) is 0 Å². The Hall–Kier alpha value is -1.51. The number of aryl methyl sites for hydroxylation is 1. The molecule has 0 aliphatic heterocycles. The summed E-state index contributed by atoms with van der Waals surface area (Å²) in [7, 11) is 1.62. The molecule has 1 unspecified atom stereocenters. The van der Waals surface area contributed by atoms with Gasteiger partial charge >= 0.3 is 5.97 Å². The molecule has 0 saturated carbocycles. The van der Waals surface area contributed by atoms with Crippen molar-refractivity contribution in [1.82, 2.24) is 0 Å². The van der Waals surface area contributed by atoms with Crippen molar-refractivity contribution in [2.75, 3.05) is 7.11 Å². The molecule has 1 aromatic rings. The van der Waals surface area contributed by atoms with Crippen LogP contribution >= 0.6 is 0 Å². The molecule has 0 fully saturated rings. The summed E-state index contributed by atoms with van der Waals surface area (Å²) in [6.45, 7) is 6.08. The molecule has 1 aromatic carbocycles. The average Bonchev–Trinajstić information content (AvgIpc) is 2.25. The minimum atomic E-state index is -0.771. The highest BCUT2D eigenvalue weighted by Crippen LogP contribution is 2.35. The fourth-order valence-electron chi connectivity index (χ4n) is 2.04. The first-order valence-electron chi connectivity index (χ1n) is 5.82. The van der Waals surface area contributed by atoms with Gasteiger partial charge in [0, 0.05) is 5.92 Å². The third kappa shape index (κ3) is 3.48. The van der Waals surface area contributed by atoms with Crippen LogP contribution in [0.25, 0.3) is 0 Å². The third-order valence-corrected chi connectivity index (χ3v) is 2.98. The first kappa shape index (κ1) is 13.6. The molecule has 0 aliphatic rings. The Balaban J connectivity index is 3.16. The van der Waals surface area contributed by atoms with Crippen LogP contribution in [0.3, 0.4) is 0 Å². The van der Waals surface area contributed by atoms with Gasteiger partial charge in [-0.3, -0.25) is 4.79 Å². The zero-order valence-electron chi connectivity index (χ0n) is 10.9. The molecule has 94 valence electrons. The van der Waals surface area contributed by atoms with Crippen LogP contribution < -0.4 is 4.74 Å². The molecule has 3 nitrogen and oxygen atoms in total. The second-order valence-corrected chi connectivity index (χ2v) is 4.69. The summed E-state index contributed by atoms with van der Waals surface area (Å²) < 4.78 is 5.32. The smallest absolute Gasteiger partial charge is 0.303 e. The van der Waals surface area contributed by atoms with E-state index in [0.717, 1.165) is 16.9 Å².